The van der Waals surface area contributed by atoms with Gasteiger partial charge in [0.2, 0.25) is 5.91 Å². The van der Waals surface area contributed by atoms with E-state index in [1.807, 2.05) is 55.5 Å². The average molecular weight is 362 g/mol. The summed E-state index contributed by atoms with van der Waals surface area (Å²) < 4.78 is 0. The molecule has 0 bridgehead atoms. The molecule has 132 valence electrons. The molecule has 0 saturated carbocycles. The molecule has 1 heterocycles. The van der Waals surface area contributed by atoms with Gasteiger partial charge in [0.05, 0.1) is 17.0 Å². The third-order valence-corrected chi connectivity index (χ3v) is 5.48. The smallest absolute Gasteiger partial charge is 0.230 e. The number of benzene rings is 2. The van der Waals surface area contributed by atoms with Crippen LogP contribution < -0.4 is 5.32 Å². The van der Waals surface area contributed by atoms with Gasteiger partial charge in [-0.25, -0.2) is 0 Å². The Bertz CT molecular complexity index is 770. The van der Waals surface area contributed by atoms with Gasteiger partial charge in [-0.05, 0) is 35.7 Å². The van der Waals surface area contributed by atoms with Crippen molar-refractivity contribution in [3.63, 3.8) is 0 Å². The van der Waals surface area contributed by atoms with Crippen LogP contribution in [0.4, 0.5) is 0 Å². The van der Waals surface area contributed by atoms with Crippen molar-refractivity contribution < 1.29 is 4.79 Å². The number of carbonyl (C=O) groups excluding carboxylic acids is 1. The molecule has 0 aliphatic carbocycles. The zero-order chi connectivity index (χ0) is 18.2. The fourth-order valence-electron chi connectivity index (χ4n) is 2.82. The molecule has 2 aromatic carbocycles. The minimum absolute atomic E-state index is 0.0296. The Balaban J connectivity index is 1.65. The van der Waals surface area contributed by atoms with Crippen LogP contribution in [0, 0.1) is 0 Å². The minimum atomic E-state index is -0.0296. The number of nitrogens with zero attached hydrogens (tertiary/aromatic N) is 1. The van der Waals surface area contributed by atoms with Crippen molar-refractivity contribution in [2.24, 2.45) is 0 Å². The highest BCUT2D eigenvalue weighted by Crippen LogP contribution is 2.35. The third-order valence-electron chi connectivity index (χ3n) is 4.17. The van der Waals surface area contributed by atoms with Gasteiger partial charge in [-0.1, -0.05) is 60.7 Å². The van der Waals surface area contributed by atoms with E-state index in [2.05, 4.69) is 34.6 Å². The number of thioether (sulfide) groups is 1. The fraction of sp³-hybridized carbons (Fsp3) is 0.182. The second-order valence-corrected chi connectivity index (χ2v) is 7.18. The van der Waals surface area contributed by atoms with Crippen LogP contribution in [-0.2, 0) is 4.79 Å². The first-order valence-corrected chi connectivity index (χ1v) is 9.69. The number of amides is 1. The zero-order valence-electron chi connectivity index (χ0n) is 14.7. The maximum atomic E-state index is 12.4. The Morgan fingerprint density at radius 2 is 1.42 bits per heavy atom. The summed E-state index contributed by atoms with van der Waals surface area (Å²) >= 11 is 1.65. The topological polar surface area (TPSA) is 42.0 Å². The molecule has 0 saturated heterocycles. The van der Waals surface area contributed by atoms with Crippen molar-refractivity contribution in [1.82, 2.24) is 10.3 Å². The van der Waals surface area contributed by atoms with Crippen LogP contribution in [0.2, 0.25) is 0 Å². The maximum Gasteiger partial charge on any atom is 0.230 e. The fourth-order valence-corrected chi connectivity index (χ4v) is 3.92. The molecule has 3 nitrogen and oxygen atoms in total. The molecule has 1 aromatic heterocycles. The van der Waals surface area contributed by atoms with Gasteiger partial charge in [0, 0.05) is 12.4 Å². The summed E-state index contributed by atoms with van der Waals surface area (Å²) in [6.45, 7) is 1.99. The van der Waals surface area contributed by atoms with Crippen molar-refractivity contribution in [3.05, 3.63) is 102 Å². The van der Waals surface area contributed by atoms with E-state index in [1.165, 1.54) is 11.1 Å². The van der Waals surface area contributed by atoms with Crippen LogP contribution in [0.5, 0.6) is 0 Å². The number of rotatable bonds is 7. The van der Waals surface area contributed by atoms with E-state index in [0.717, 1.165) is 5.56 Å². The molecule has 0 radical (unpaired) electrons. The molecule has 0 spiro atoms. The van der Waals surface area contributed by atoms with E-state index in [4.69, 9.17) is 0 Å². The zero-order valence-corrected chi connectivity index (χ0v) is 15.5. The van der Waals surface area contributed by atoms with E-state index < -0.39 is 0 Å². The molecule has 4 heteroatoms. The summed E-state index contributed by atoms with van der Waals surface area (Å²) in [5.74, 6) is 0.445. The lowest BCUT2D eigenvalue weighted by molar-refractivity contribution is -0.119. The van der Waals surface area contributed by atoms with Gasteiger partial charge in [-0.15, -0.1) is 11.8 Å². The van der Waals surface area contributed by atoms with E-state index in [-0.39, 0.29) is 17.2 Å². The lowest BCUT2D eigenvalue weighted by atomic mass is 10.0. The Labute approximate surface area is 158 Å². The van der Waals surface area contributed by atoms with Gasteiger partial charge in [-0.2, -0.15) is 0 Å². The SMILES string of the molecule is C[C@H](NC(=O)CSC(c1ccccc1)c1ccccc1)c1ccncc1. The van der Waals surface area contributed by atoms with Crippen molar-refractivity contribution in [2.75, 3.05) is 5.75 Å². The predicted molar refractivity (Wildman–Crippen MR) is 108 cm³/mol. The highest BCUT2D eigenvalue weighted by Gasteiger charge is 2.17. The average Bonchev–Trinajstić information content (AvgIpc) is 2.70. The van der Waals surface area contributed by atoms with Gasteiger partial charge < -0.3 is 5.32 Å². The standard InChI is InChI=1S/C22H22N2OS/c1-17(18-12-14-23-15-13-18)24-21(25)16-26-22(19-8-4-2-5-9-19)20-10-6-3-7-11-20/h2-15,17,22H,16H2,1H3,(H,24,25)/t17-/m0/s1. The van der Waals surface area contributed by atoms with Gasteiger partial charge in [0.15, 0.2) is 0 Å². The first kappa shape index (κ1) is 18.2. The first-order chi connectivity index (χ1) is 12.7. The van der Waals surface area contributed by atoms with Gasteiger partial charge in [-0.3, -0.25) is 9.78 Å². The first-order valence-electron chi connectivity index (χ1n) is 8.65. The van der Waals surface area contributed by atoms with Crippen LogP contribution in [-0.4, -0.2) is 16.6 Å². The minimum Gasteiger partial charge on any atom is -0.349 e. The Kier molecular flexibility index (Phi) is 6.45. The second-order valence-electron chi connectivity index (χ2n) is 6.08. The Hall–Kier alpha value is -2.59. The summed E-state index contributed by atoms with van der Waals surface area (Å²) in [6.07, 6.45) is 3.49. The normalized spacial score (nSPS) is 11.9. The number of hydrogen-bond donors (Lipinski definition) is 1. The monoisotopic (exact) mass is 362 g/mol. The van der Waals surface area contributed by atoms with Gasteiger partial charge >= 0.3 is 0 Å². The van der Waals surface area contributed by atoms with Crippen molar-refractivity contribution in [2.45, 2.75) is 18.2 Å². The number of pyridine rings is 1. The number of aromatic nitrogens is 1. The molecule has 1 amide bonds. The van der Waals surface area contributed by atoms with Crippen LogP contribution in [0.25, 0.3) is 0 Å². The predicted octanol–water partition coefficient (Wildman–Crippen LogP) is 4.78. The summed E-state index contributed by atoms with van der Waals surface area (Å²) in [5.41, 5.74) is 3.47. The molecule has 0 unspecified atom stereocenters. The van der Waals surface area contributed by atoms with Crippen LogP contribution >= 0.6 is 11.8 Å². The summed E-state index contributed by atoms with van der Waals surface area (Å²) in [5, 5.41) is 3.21. The molecule has 1 atom stereocenters. The molecule has 0 fully saturated rings. The molecular weight excluding hydrogens is 340 g/mol. The molecule has 0 aliphatic heterocycles. The number of hydrogen-bond acceptors (Lipinski definition) is 3. The summed E-state index contributed by atoms with van der Waals surface area (Å²) in [6, 6.07) is 24.5. The molecular formula is C22H22N2OS. The van der Waals surface area contributed by atoms with Crippen molar-refractivity contribution in [3.8, 4) is 0 Å². The molecule has 3 aromatic rings. The Morgan fingerprint density at radius 1 is 0.885 bits per heavy atom. The van der Waals surface area contributed by atoms with E-state index in [0.29, 0.717) is 5.75 Å². The lowest BCUT2D eigenvalue weighted by Gasteiger charge is -2.19. The highest BCUT2D eigenvalue weighted by atomic mass is 32.2. The number of carbonyl (C=O) groups is 1. The lowest BCUT2D eigenvalue weighted by Crippen LogP contribution is -2.28. The molecule has 26 heavy (non-hydrogen) atoms. The van der Waals surface area contributed by atoms with E-state index >= 15 is 0 Å². The van der Waals surface area contributed by atoms with Crippen LogP contribution in [0.15, 0.2) is 85.2 Å². The third kappa shape index (κ3) is 4.96. The van der Waals surface area contributed by atoms with Crippen molar-refractivity contribution >= 4 is 17.7 Å². The largest absolute Gasteiger partial charge is 0.349 e. The van der Waals surface area contributed by atoms with E-state index in [1.54, 1.807) is 24.2 Å². The highest BCUT2D eigenvalue weighted by molar-refractivity contribution is 8.00. The molecule has 0 aliphatic rings. The van der Waals surface area contributed by atoms with Gasteiger partial charge in [0.1, 0.15) is 0 Å². The summed E-state index contributed by atoms with van der Waals surface area (Å²) in [4.78, 5) is 16.5. The van der Waals surface area contributed by atoms with E-state index in [9.17, 15) is 4.79 Å². The van der Waals surface area contributed by atoms with Gasteiger partial charge in [0.25, 0.3) is 0 Å². The summed E-state index contributed by atoms with van der Waals surface area (Å²) in [7, 11) is 0. The van der Waals surface area contributed by atoms with Crippen molar-refractivity contribution in [1.29, 1.82) is 0 Å². The quantitative estimate of drug-likeness (QED) is 0.657. The molecule has 3 rings (SSSR count). The second kappa shape index (κ2) is 9.20. The number of nitrogens with one attached hydrogen (secondary N) is 1. The van der Waals surface area contributed by atoms with Crippen LogP contribution in [0.3, 0.4) is 0 Å². The molecule has 1 N–H and O–H groups in total. The Morgan fingerprint density at radius 3 is 1.96 bits per heavy atom. The van der Waals surface area contributed by atoms with Crippen LogP contribution in [0.1, 0.15) is 34.9 Å². The maximum absolute atomic E-state index is 12.4.